The molecular formula is C16H16N2O3S2. The maximum Gasteiger partial charge on any atom is 0.252 e. The largest absolute Gasteiger partial charge is 0.369 e. The Morgan fingerprint density at radius 1 is 1.22 bits per heavy atom. The average Bonchev–Trinajstić information content (AvgIpc) is 3.07. The molecule has 1 heterocycles. The molecule has 2 aromatic rings. The summed E-state index contributed by atoms with van der Waals surface area (Å²) < 4.78 is 0. The van der Waals surface area contributed by atoms with Crippen LogP contribution in [-0.4, -0.2) is 29.4 Å². The number of thioether (sulfide) groups is 1. The van der Waals surface area contributed by atoms with Gasteiger partial charge in [-0.2, -0.15) is 0 Å². The Morgan fingerprint density at radius 3 is 2.61 bits per heavy atom. The number of carbonyl (C=O) groups is 3. The van der Waals surface area contributed by atoms with Gasteiger partial charge in [0, 0.05) is 4.90 Å². The Kier molecular flexibility index (Phi) is 5.95. The molecule has 1 atom stereocenters. The number of ketones is 1. The van der Waals surface area contributed by atoms with E-state index in [1.54, 1.807) is 43.3 Å². The molecular weight excluding hydrogens is 332 g/mol. The van der Waals surface area contributed by atoms with Gasteiger partial charge in [0.05, 0.1) is 22.2 Å². The lowest BCUT2D eigenvalue weighted by Gasteiger charge is -2.12. The van der Waals surface area contributed by atoms with E-state index in [9.17, 15) is 14.4 Å². The van der Waals surface area contributed by atoms with Crippen LogP contribution in [-0.2, 0) is 4.79 Å². The monoisotopic (exact) mass is 348 g/mol. The van der Waals surface area contributed by atoms with Crippen molar-refractivity contribution in [1.82, 2.24) is 5.32 Å². The van der Waals surface area contributed by atoms with Crippen LogP contribution in [0.5, 0.6) is 0 Å². The van der Waals surface area contributed by atoms with Gasteiger partial charge in [0.2, 0.25) is 5.91 Å². The Morgan fingerprint density at radius 2 is 1.96 bits per heavy atom. The highest BCUT2D eigenvalue weighted by molar-refractivity contribution is 8.00. The zero-order valence-corrected chi connectivity index (χ0v) is 14.1. The second kappa shape index (κ2) is 7.94. The number of hydrogen-bond donors (Lipinski definition) is 2. The molecule has 120 valence electrons. The number of carbonyl (C=O) groups excluding carboxylic acids is 3. The summed E-state index contributed by atoms with van der Waals surface area (Å²) in [7, 11) is 0. The first-order chi connectivity index (χ1) is 11.0. The van der Waals surface area contributed by atoms with Gasteiger partial charge in [-0.15, -0.1) is 23.1 Å². The quantitative estimate of drug-likeness (QED) is 0.594. The van der Waals surface area contributed by atoms with E-state index in [4.69, 9.17) is 5.73 Å². The summed E-state index contributed by atoms with van der Waals surface area (Å²) >= 11 is 2.56. The van der Waals surface area contributed by atoms with Crippen molar-refractivity contribution in [3.05, 3.63) is 52.2 Å². The zero-order valence-electron chi connectivity index (χ0n) is 12.4. The Labute approximate surface area is 142 Å². The van der Waals surface area contributed by atoms with Gasteiger partial charge in [0.1, 0.15) is 0 Å². The number of amides is 2. The van der Waals surface area contributed by atoms with Crippen LogP contribution in [0.25, 0.3) is 0 Å². The number of nitrogens with two attached hydrogens (primary N) is 1. The van der Waals surface area contributed by atoms with Crippen molar-refractivity contribution in [1.29, 1.82) is 0 Å². The Hall–Kier alpha value is -2.12. The molecule has 7 heteroatoms. The number of primary amides is 1. The molecule has 0 aliphatic heterocycles. The molecule has 1 aromatic carbocycles. The highest BCUT2D eigenvalue weighted by Gasteiger charge is 2.17. The molecule has 0 saturated carbocycles. The summed E-state index contributed by atoms with van der Waals surface area (Å²) in [5, 5.41) is 3.98. The van der Waals surface area contributed by atoms with E-state index in [2.05, 4.69) is 5.32 Å². The van der Waals surface area contributed by atoms with Crippen LogP contribution in [0, 0.1) is 0 Å². The Bertz CT molecular complexity index is 714. The second-order valence-corrected chi connectivity index (χ2v) is 7.07. The number of nitrogens with one attached hydrogen (secondary N) is 1. The second-order valence-electron chi connectivity index (χ2n) is 4.74. The summed E-state index contributed by atoms with van der Waals surface area (Å²) in [5.74, 6) is -0.934. The predicted octanol–water partition coefficient (Wildman–Crippen LogP) is 2.33. The maximum atomic E-state index is 12.3. The van der Waals surface area contributed by atoms with Gasteiger partial charge in [-0.3, -0.25) is 14.4 Å². The molecule has 1 aromatic heterocycles. The van der Waals surface area contributed by atoms with Crippen molar-refractivity contribution in [3.8, 4) is 0 Å². The molecule has 5 nitrogen and oxygen atoms in total. The third-order valence-electron chi connectivity index (χ3n) is 3.04. The smallest absolute Gasteiger partial charge is 0.252 e. The van der Waals surface area contributed by atoms with Gasteiger partial charge in [-0.25, -0.2) is 0 Å². The predicted molar refractivity (Wildman–Crippen MR) is 91.9 cm³/mol. The summed E-state index contributed by atoms with van der Waals surface area (Å²) in [6, 6.07) is 10.4. The number of hydrogen-bond acceptors (Lipinski definition) is 5. The number of rotatable bonds is 7. The lowest BCUT2D eigenvalue weighted by Crippen LogP contribution is -2.30. The minimum absolute atomic E-state index is 0.0658. The fraction of sp³-hybridized carbons (Fsp3) is 0.188. The van der Waals surface area contributed by atoms with Crippen LogP contribution < -0.4 is 11.1 Å². The van der Waals surface area contributed by atoms with E-state index in [0.717, 1.165) is 0 Å². The van der Waals surface area contributed by atoms with Gasteiger partial charge < -0.3 is 11.1 Å². The molecule has 0 radical (unpaired) electrons. The van der Waals surface area contributed by atoms with Crippen molar-refractivity contribution in [2.75, 3.05) is 6.54 Å². The molecule has 0 spiro atoms. The summed E-state index contributed by atoms with van der Waals surface area (Å²) in [5.41, 5.74) is 5.68. The van der Waals surface area contributed by atoms with Gasteiger partial charge in [0.15, 0.2) is 5.78 Å². The molecule has 0 fully saturated rings. The van der Waals surface area contributed by atoms with Crippen LogP contribution in [0.15, 0.2) is 46.7 Å². The fourth-order valence-corrected chi connectivity index (χ4v) is 3.39. The highest BCUT2D eigenvalue weighted by atomic mass is 32.2. The van der Waals surface area contributed by atoms with Gasteiger partial charge in [-0.05, 0) is 30.5 Å². The van der Waals surface area contributed by atoms with Gasteiger partial charge >= 0.3 is 0 Å². The molecule has 0 aliphatic rings. The Balaban J connectivity index is 2.04. The average molecular weight is 348 g/mol. The highest BCUT2D eigenvalue weighted by Crippen LogP contribution is 2.26. The zero-order chi connectivity index (χ0) is 16.8. The van der Waals surface area contributed by atoms with Gasteiger partial charge in [-0.1, -0.05) is 18.2 Å². The standard InChI is InChI=1S/C16H16N2O3S2/c1-10(15(17)20)23-13-6-3-2-5-11(13)16(21)18-9-12(19)14-7-4-8-22-14/h2-8,10H,9H2,1H3,(H2,17,20)(H,18,21). The van der Waals surface area contributed by atoms with Crippen LogP contribution in [0.3, 0.4) is 0 Å². The van der Waals surface area contributed by atoms with Crippen molar-refractivity contribution in [3.63, 3.8) is 0 Å². The lowest BCUT2D eigenvalue weighted by molar-refractivity contribution is -0.117. The summed E-state index contributed by atoms with van der Waals surface area (Å²) in [4.78, 5) is 36.7. The molecule has 0 bridgehead atoms. The minimum atomic E-state index is -0.447. The molecule has 23 heavy (non-hydrogen) atoms. The number of Topliss-reactive ketones (excluding diaryl/α,β-unsaturated/α-hetero) is 1. The first-order valence-electron chi connectivity index (χ1n) is 6.89. The third-order valence-corrected chi connectivity index (χ3v) is 5.15. The van der Waals surface area contributed by atoms with E-state index in [0.29, 0.717) is 15.3 Å². The minimum Gasteiger partial charge on any atom is -0.369 e. The third kappa shape index (κ3) is 4.67. The van der Waals surface area contributed by atoms with E-state index in [-0.39, 0.29) is 18.2 Å². The van der Waals surface area contributed by atoms with Crippen LogP contribution in [0.1, 0.15) is 27.0 Å². The van der Waals surface area contributed by atoms with Crippen LogP contribution in [0.2, 0.25) is 0 Å². The molecule has 2 amide bonds. The topological polar surface area (TPSA) is 89.3 Å². The number of benzene rings is 1. The first kappa shape index (κ1) is 17.2. The molecule has 0 aliphatic carbocycles. The molecule has 2 rings (SSSR count). The van der Waals surface area contributed by atoms with Gasteiger partial charge in [0.25, 0.3) is 5.91 Å². The summed E-state index contributed by atoms with van der Waals surface area (Å²) in [6.45, 7) is 1.62. The van der Waals surface area contributed by atoms with Crippen LogP contribution in [0.4, 0.5) is 0 Å². The van der Waals surface area contributed by atoms with Crippen molar-refractivity contribution >= 4 is 40.7 Å². The molecule has 3 N–H and O–H groups in total. The SMILES string of the molecule is CC(Sc1ccccc1C(=O)NCC(=O)c1cccs1)C(N)=O. The van der Waals surface area contributed by atoms with Crippen LogP contribution >= 0.6 is 23.1 Å². The van der Waals surface area contributed by atoms with E-state index < -0.39 is 11.2 Å². The summed E-state index contributed by atoms with van der Waals surface area (Å²) in [6.07, 6.45) is 0. The lowest BCUT2D eigenvalue weighted by atomic mass is 10.2. The van der Waals surface area contributed by atoms with Crippen molar-refractivity contribution in [2.45, 2.75) is 17.1 Å². The molecule has 0 saturated heterocycles. The number of thiophene rings is 1. The fourth-order valence-electron chi connectivity index (χ4n) is 1.79. The molecule has 1 unspecified atom stereocenters. The van der Waals surface area contributed by atoms with E-state index in [1.165, 1.54) is 23.1 Å². The van der Waals surface area contributed by atoms with Crippen molar-refractivity contribution < 1.29 is 14.4 Å². The van der Waals surface area contributed by atoms with E-state index in [1.807, 2.05) is 5.38 Å². The normalized spacial score (nSPS) is 11.7. The maximum absolute atomic E-state index is 12.3. The van der Waals surface area contributed by atoms with E-state index >= 15 is 0 Å². The first-order valence-corrected chi connectivity index (χ1v) is 8.65. The van der Waals surface area contributed by atoms with Crippen molar-refractivity contribution in [2.24, 2.45) is 5.73 Å².